The molecule has 1 rings (SSSR count). The van der Waals surface area contributed by atoms with Gasteiger partial charge in [0.15, 0.2) is 11.6 Å². The van der Waals surface area contributed by atoms with Crippen molar-refractivity contribution < 1.29 is 14.3 Å². The Bertz CT molecular complexity index is 215. The van der Waals surface area contributed by atoms with Gasteiger partial charge in [0.1, 0.15) is 0 Å². The topological polar surface area (TPSA) is 35.5 Å². The first kappa shape index (κ1) is 11.4. The van der Waals surface area contributed by atoms with Crippen LogP contribution < -0.4 is 0 Å². The minimum atomic E-state index is -0.385. The zero-order chi connectivity index (χ0) is 10.4. The summed E-state index contributed by atoms with van der Waals surface area (Å²) in [7, 11) is 0. The second-order valence-corrected chi connectivity index (χ2v) is 3.74. The first-order valence-corrected chi connectivity index (χ1v) is 5.07. The van der Waals surface area contributed by atoms with Crippen LogP contribution in [-0.4, -0.2) is 24.8 Å². The smallest absolute Gasteiger partial charge is 0.165 e. The molecule has 1 heterocycles. The monoisotopic (exact) mass is 198 g/mol. The van der Waals surface area contributed by atoms with E-state index in [2.05, 4.69) is 0 Å². The van der Waals surface area contributed by atoms with Crippen molar-refractivity contribution in [1.29, 1.82) is 0 Å². The highest BCUT2D eigenvalue weighted by Crippen LogP contribution is 2.24. The summed E-state index contributed by atoms with van der Waals surface area (Å²) in [5.74, 6) is -0.283. The van der Waals surface area contributed by atoms with E-state index in [9.17, 15) is 4.79 Å². The molecular weight excluding hydrogens is 180 g/mol. The fourth-order valence-electron chi connectivity index (χ4n) is 1.49. The summed E-state index contributed by atoms with van der Waals surface area (Å²) < 4.78 is 10.9. The summed E-state index contributed by atoms with van der Waals surface area (Å²) in [5.41, 5.74) is 0. The van der Waals surface area contributed by atoms with Crippen LogP contribution in [0.1, 0.15) is 33.1 Å². The molecule has 3 heteroatoms. The second-order valence-electron chi connectivity index (χ2n) is 3.74. The van der Waals surface area contributed by atoms with Gasteiger partial charge in [-0.25, -0.2) is 0 Å². The summed E-state index contributed by atoms with van der Waals surface area (Å²) in [6.45, 7) is 4.91. The summed E-state index contributed by atoms with van der Waals surface area (Å²) in [6.07, 6.45) is 6.29. The number of allylic oxidation sites excluding steroid dienone is 2. The van der Waals surface area contributed by atoms with Crippen LogP contribution in [-0.2, 0) is 14.3 Å². The van der Waals surface area contributed by atoms with E-state index in [1.165, 1.54) is 0 Å². The molecule has 0 radical (unpaired) electrons. The van der Waals surface area contributed by atoms with Crippen LogP contribution in [0, 0.1) is 0 Å². The molecule has 14 heavy (non-hydrogen) atoms. The van der Waals surface area contributed by atoms with Crippen molar-refractivity contribution in [3.8, 4) is 0 Å². The van der Waals surface area contributed by atoms with Gasteiger partial charge in [-0.3, -0.25) is 4.79 Å². The Hall–Kier alpha value is -0.670. The molecule has 0 aromatic carbocycles. The number of unbranched alkanes of at least 4 members (excludes halogenated alkanes) is 1. The molecule has 0 amide bonds. The maximum atomic E-state index is 10.6. The van der Waals surface area contributed by atoms with Gasteiger partial charge in [0.2, 0.25) is 0 Å². The quantitative estimate of drug-likeness (QED) is 0.501. The third-order valence-electron chi connectivity index (χ3n) is 2.25. The molecule has 0 unspecified atom stereocenters. The highest BCUT2D eigenvalue weighted by Gasteiger charge is 2.29. The third-order valence-corrected chi connectivity index (χ3v) is 2.25. The van der Waals surface area contributed by atoms with Gasteiger partial charge >= 0.3 is 0 Å². The first-order valence-electron chi connectivity index (χ1n) is 5.07. The van der Waals surface area contributed by atoms with Gasteiger partial charge in [-0.2, -0.15) is 0 Å². The number of ether oxygens (including phenoxy) is 2. The number of rotatable bonds is 5. The Labute approximate surface area is 85.1 Å². The Kier molecular flexibility index (Phi) is 4.29. The van der Waals surface area contributed by atoms with E-state index in [1.54, 1.807) is 13.0 Å². The fourth-order valence-corrected chi connectivity index (χ4v) is 1.49. The van der Waals surface area contributed by atoms with Gasteiger partial charge in [-0.05, 0) is 32.8 Å². The maximum Gasteiger partial charge on any atom is 0.165 e. The number of hydrogen-bond acceptors (Lipinski definition) is 3. The average molecular weight is 198 g/mol. The summed E-state index contributed by atoms with van der Waals surface area (Å²) in [5, 5.41) is 0. The van der Waals surface area contributed by atoms with E-state index in [1.807, 2.05) is 13.0 Å². The van der Waals surface area contributed by atoms with E-state index >= 15 is 0 Å². The Balaban J connectivity index is 2.11. The van der Waals surface area contributed by atoms with Gasteiger partial charge in [0.25, 0.3) is 0 Å². The Morgan fingerprint density at radius 1 is 1.43 bits per heavy atom. The van der Waals surface area contributed by atoms with E-state index in [-0.39, 0.29) is 11.6 Å². The molecule has 3 nitrogen and oxygen atoms in total. The first-order chi connectivity index (χ1) is 6.62. The molecule has 1 aliphatic rings. The molecule has 1 fully saturated rings. The lowest BCUT2D eigenvalue weighted by atomic mass is 10.1. The molecule has 0 atom stereocenters. The van der Waals surface area contributed by atoms with E-state index < -0.39 is 0 Å². The molecule has 0 N–H and O–H groups in total. The van der Waals surface area contributed by atoms with Crippen molar-refractivity contribution in [3.05, 3.63) is 12.2 Å². The minimum Gasteiger partial charge on any atom is -0.348 e. The SMILES string of the molecule is CC(=O)/C=C/CCCC1(C)OCCO1. The van der Waals surface area contributed by atoms with Crippen LogP contribution in [0.15, 0.2) is 12.2 Å². The molecule has 0 saturated carbocycles. The van der Waals surface area contributed by atoms with Crippen LogP contribution >= 0.6 is 0 Å². The molecule has 0 aromatic heterocycles. The van der Waals surface area contributed by atoms with Crippen molar-refractivity contribution in [2.75, 3.05) is 13.2 Å². The van der Waals surface area contributed by atoms with Crippen molar-refractivity contribution in [2.45, 2.75) is 38.9 Å². The number of carbonyl (C=O) groups excluding carboxylic acids is 1. The predicted molar refractivity (Wildman–Crippen MR) is 54.0 cm³/mol. The molecule has 0 bridgehead atoms. The zero-order valence-corrected chi connectivity index (χ0v) is 8.91. The largest absolute Gasteiger partial charge is 0.348 e. The maximum absolute atomic E-state index is 10.6. The molecule has 0 spiro atoms. The van der Waals surface area contributed by atoms with Gasteiger partial charge in [0.05, 0.1) is 13.2 Å². The van der Waals surface area contributed by atoms with Gasteiger partial charge in [0, 0.05) is 6.42 Å². The summed E-state index contributed by atoms with van der Waals surface area (Å²) in [4.78, 5) is 10.6. The molecule has 80 valence electrons. The van der Waals surface area contributed by atoms with Crippen molar-refractivity contribution in [1.82, 2.24) is 0 Å². The highest BCUT2D eigenvalue weighted by atomic mass is 16.7. The van der Waals surface area contributed by atoms with E-state index in [4.69, 9.17) is 9.47 Å². The minimum absolute atomic E-state index is 0.101. The lowest BCUT2D eigenvalue weighted by Crippen LogP contribution is -2.24. The molecule has 0 aromatic rings. The Morgan fingerprint density at radius 2 is 2.07 bits per heavy atom. The molecule has 1 saturated heterocycles. The summed E-state index contributed by atoms with van der Waals surface area (Å²) in [6, 6.07) is 0. The van der Waals surface area contributed by atoms with Crippen LogP contribution in [0.2, 0.25) is 0 Å². The fraction of sp³-hybridized carbons (Fsp3) is 0.727. The third kappa shape index (κ3) is 4.03. The van der Waals surface area contributed by atoms with Gasteiger partial charge < -0.3 is 9.47 Å². The second kappa shape index (κ2) is 5.27. The normalized spacial score (nSPS) is 20.4. The zero-order valence-electron chi connectivity index (χ0n) is 8.91. The van der Waals surface area contributed by atoms with Crippen LogP contribution in [0.5, 0.6) is 0 Å². The number of carbonyl (C=O) groups is 1. The average Bonchev–Trinajstić information content (AvgIpc) is 2.51. The van der Waals surface area contributed by atoms with Crippen LogP contribution in [0.3, 0.4) is 0 Å². The number of hydrogen-bond donors (Lipinski definition) is 0. The van der Waals surface area contributed by atoms with Gasteiger partial charge in [-0.15, -0.1) is 0 Å². The number of ketones is 1. The highest BCUT2D eigenvalue weighted by molar-refractivity contribution is 5.87. The lowest BCUT2D eigenvalue weighted by Gasteiger charge is -2.21. The van der Waals surface area contributed by atoms with Crippen molar-refractivity contribution in [2.24, 2.45) is 0 Å². The van der Waals surface area contributed by atoms with Crippen LogP contribution in [0.25, 0.3) is 0 Å². The van der Waals surface area contributed by atoms with Gasteiger partial charge in [-0.1, -0.05) is 6.08 Å². The lowest BCUT2D eigenvalue weighted by molar-refractivity contribution is -0.147. The molecule has 0 aliphatic carbocycles. The molecular formula is C11H18O3. The van der Waals surface area contributed by atoms with Crippen molar-refractivity contribution in [3.63, 3.8) is 0 Å². The molecule has 1 aliphatic heterocycles. The van der Waals surface area contributed by atoms with Crippen LogP contribution in [0.4, 0.5) is 0 Å². The van der Waals surface area contributed by atoms with E-state index in [0.29, 0.717) is 13.2 Å². The van der Waals surface area contributed by atoms with E-state index in [0.717, 1.165) is 19.3 Å². The van der Waals surface area contributed by atoms with Crippen molar-refractivity contribution >= 4 is 5.78 Å². The predicted octanol–water partition coefficient (Wildman–Crippen LogP) is 2.06. The Morgan fingerprint density at radius 3 is 2.64 bits per heavy atom. The summed E-state index contributed by atoms with van der Waals surface area (Å²) >= 11 is 0. The standard InChI is InChI=1S/C11H18O3/c1-10(12)6-4-3-5-7-11(2)13-8-9-14-11/h4,6H,3,5,7-9H2,1-2H3/b6-4+.